The fourth-order valence-corrected chi connectivity index (χ4v) is 6.20. The lowest BCUT2D eigenvalue weighted by Crippen LogP contribution is -2.25. The number of carbonyl (C=O) groups excluding carboxylic acids is 4. The molecule has 2 heterocycles. The van der Waals surface area contributed by atoms with Crippen molar-refractivity contribution in [2.75, 3.05) is 21.3 Å². The minimum absolute atomic E-state index is 0.257. The van der Waals surface area contributed by atoms with Crippen molar-refractivity contribution in [1.82, 2.24) is 0 Å². The Kier molecular flexibility index (Phi) is 6.85. The van der Waals surface area contributed by atoms with Crippen molar-refractivity contribution in [2.45, 2.75) is 9.79 Å². The molecule has 0 saturated carbocycles. The Balaban J connectivity index is 1.21. The third-order valence-corrected chi connectivity index (χ3v) is 8.55. The summed E-state index contributed by atoms with van der Waals surface area (Å²) in [6.07, 6.45) is 0. The van der Waals surface area contributed by atoms with E-state index in [1.165, 1.54) is 23.5 Å². The van der Waals surface area contributed by atoms with Gasteiger partial charge < -0.3 is 21.3 Å². The smallest absolute Gasteiger partial charge is 0.263 e. The van der Waals surface area contributed by atoms with Gasteiger partial charge in [-0.05, 0) is 60.7 Å². The number of carbonyl (C=O) groups is 4. The van der Waals surface area contributed by atoms with Gasteiger partial charge in [0.05, 0.1) is 21.2 Å². The predicted molar refractivity (Wildman–Crippen MR) is 158 cm³/mol. The lowest BCUT2D eigenvalue weighted by molar-refractivity contribution is -0.114. The predicted octanol–water partition coefficient (Wildman–Crippen LogP) is 6.19. The molecule has 4 aromatic rings. The number of nitrogens with one attached hydrogen (secondary N) is 4. The van der Waals surface area contributed by atoms with Crippen LogP contribution in [0.15, 0.2) is 117 Å². The van der Waals surface area contributed by atoms with Gasteiger partial charge in [0.2, 0.25) is 0 Å². The van der Waals surface area contributed by atoms with E-state index in [0.29, 0.717) is 43.7 Å². The van der Waals surface area contributed by atoms with Crippen molar-refractivity contribution in [2.24, 2.45) is 0 Å². The molecular formula is C30H20N4O4S2. The minimum atomic E-state index is -0.432. The Labute approximate surface area is 237 Å². The topological polar surface area (TPSA) is 116 Å². The summed E-state index contributed by atoms with van der Waals surface area (Å²) in [5, 5.41) is 11.3. The summed E-state index contributed by atoms with van der Waals surface area (Å²) in [6.45, 7) is 0. The molecule has 0 fully saturated rings. The van der Waals surface area contributed by atoms with Crippen molar-refractivity contribution in [3.63, 3.8) is 0 Å². The standard InChI is InChI=1S/C30H20N4O4S2/c35-27(31-19-7-3-1-4-8-19)17-11-13-23-21(15-17)33-29(37)25(39-23)26-30(38)34-22-16-18(12-14-24(22)40-26)28(36)32-20-9-5-2-6-10-20/h1-16H,(H,31,35)(H,32,36)(H,33,37)(H,34,38)/b26-25+. The first-order chi connectivity index (χ1) is 19.4. The van der Waals surface area contributed by atoms with Gasteiger partial charge in [0, 0.05) is 32.3 Å². The number of hydrogen-bond acceptors (Lipinski definition) is 6. The van der Waals surface area contributed by atoms with Crippen LogP contribution in [0.1, 0.15) is 20.7 Å². The zero-order valence-electron chi connectivity index (χ0n) is 20.7. The van der Waals surface area contributed by atoms with E-state index in [1.807, 2.05) is 36.4 Å². The van der Waals surface area contributed by atoms with E-state index in [4.69, 9.17) is 0 Å². The highest BCUT2D eigenvalue weighted by Gasteiger charge is 2.32. The maximum absolute atomic E-state index is 13.1. The van der Waals surface area contributed by atoms with Crippen LogP contribution in [0.2, 0.25) is 0 Å². The number of amides is 4. The van der Waals surface area contributed by atoms with Crippen LogP contribution in [0, 0.1) is 0 Å². The highest BCUT2D eigenvalue weighted by molar-refractivity contribution is 8.08. The molecule has 0 aliphatic carbocycles. The molecule has 2 aliphatic rings. The zero-order chi connectivity index (χ0) is 27.6. The number of rotatable bonds is 4. The molecule has 2 aliphatic heterocycles. The van der Waals surface area contributed by atoms with Crippen molar-refractivity contribution < 1.29 is 19.2 Å². The van der Waals surface area contributed by atoms with E-state index in [2.05, 4.69) is 21.3 Å². The van der Waals surface area contributed by atoms with Crippen LogP contribution < -0.4 is 21.3 Å². The van der Waals surface area contributed by atoms with E-state index in [0.717, 1.165) is 0 Å². The van der Waals surface area contributed by atoms with Crippen LogP contribution >= 0.6 is 23.5 Å². The maximum atomic E-state index is 13.1. The van der Waals surface area contributed by atoms with Crippen LogP contribution in [-0.4, -0.2) is 23.6 Å². The number of anilines is 4. The number of thioether (sulfide) groups is 2. The van der Waals surface area contributed by atoms with E-state index < -0.39 is 11.8 Å². The lowest BCUT2D eigenvalue weighted by Gasteiger charge is -2.24. The normalized spacial score (nSPS) is 15.7. The average molecular weight is 565 g/mol. The largest absolute Gasteiger partial charge is 0.322 e. The molecule has 40 heavy (non-hydrogen) atoms. The lowest BCUT2D eigenvalue weighted by atomic mass is 10.1. The highest BCUT2D eigenvalue weighted by Crippen LogP contribution is 2.46. The molecule has 0 spiro atoms. The van der Waals surface area contributed by atoms with E-state index in [1.54, 1.807) is 60.7 Å². The quantitative estimate of drug-likeness (QED) is 0.220. The number of hydrogen-bond donors (Lipinski definition) is 4. The van der Waals surface area contributed by atoms with Gasteiger partial charge in [-0.3, -0.25) is 19.2 Å². The molecular weight excluding hydrogens is 544 g/mol. The molecule has 196 valence electrons. The fourth-order valence-electron chi connectivity index (χ4n) is 4.14. The van der Waals surface area contributed by atoms with Crippen LogP contribution in [0.5, 0.6) is 0 Å². The number of benzene rings is 4. The summed E-state index contributed by atoms with van der Waals surface area (Å²) in [4.78, 5) is 53.5. The van der Waals surface area contributed by atoms with Crippen LogP contribution in [0.3, 0.4) is 0 Å². The Morgan fingerprint density at radius 1 is 0.550 bits per heavy atom. The fraction of sp³-hybridized carbons (Fsp3) is 0. The molecule has 4 amide bonds. The number of para-hydroxylation sites is 2. The molecule has 0 atom stereocenters. The van der Waals surface area contributed by atoms with Crippen LogP contribution in [0.4, 0.5) is 22.7 Å². The Hall–Kier alpha value is -4.80. The molecule has 0 radical (unpaired) electrons. The Morgan fingerprint density at radius 2 is 0.950 bits per heavy atom. The summed E-state index contributed by atoms with van der Waals surface area (Å²) < 4.78 is 0. The summed E-state index contributed by atoms with van der Waals surface area (Å²) in [7, 11) is 0. The molecule has 4 N–H and O–H groups in total. The van der Waals surface area contributed by atoms with Gasteiger partial charge in [-0.1, -0.05) is 59.9 Å². The first-order valence-corrected chi connectivity index (χ1v) is 13.8. The summed E-state index contributed by atoms with van der Waals surface area (Å²) >= 11 is 2.35. The first-order valence-electron chi connectivity index (χ1n) is 12.2. The third-order valence-electron chi connectivity index (χ3n) is 6.09. The maximum Gasteiger partial charge on any atom is 0.263 e. The third kappa shape index (κ3) is 5.22. The second-order valence-corrected chi connectivity index (χ2v) is 10.9. The average Bonchev–Trinajstić information content (AvgIpc) is 2.97. The highest BCUT2D eigenvalue weighted by atomic mass is 32.2. The SMILES string of the molecule is O=C1Nc2cc(C(=O)Nc3ccccc3)ccc2S/C1=C1/Sc2ccc(C(=O)Nc3ccccc3)cc2NC1=O. The van der Waals surface area contributed by atoms with E-state index in [9.17, 15) is 19.2 Å². The molecule has 0 bridgehead atoms. The summed E-state index contributed by atoms with van der Waals surface area (Å²) in [6, 6.07) is 28.3. The van der Waals surface area contributed by atoms with Gasteiger partial charge in [0.25, 0.3) is 23.6 Å². The van der Waals surface area contributed by atoms with Crippen molar-refractivity contribution in [3.8, 4) is 0 Å². The molecule has 10 heteroatoms. The van der Waals surface area contributed by atoms with Gasteiger partial charge in [0.1, 0.15) is 0 Å². The summed E-state index contributed by atoms with van der Waals surface area (Å²) in [5.41, 5.74) is 3.11. The van der Waals surface area contributed by atoms with Gasteiger partial charge in [-0.25, -0.2) is 0 Å². The second kappa shape index (κ2) is 10.8. The van der Waals surface area contributed by atoms with Crippen LogP contribution in [0.25, 0.3) is 0 Å². The van der Waals surface area contributed by atoms with Gasteiger partial charge >= 0.3 is 0 Å². The number of fused-ring (bicyclic) bond motifs is 2. The van der Waals surface area contributed by atoms with Gasteiger partial charge in [0.15, 0.2) is 0 Å². The molecule has 0 aromatic heterocycles. The molecule has 4 aromatic carbocycles. The molecule has 8 nitrogen and oxygen atoms in total. The van der Waals surface area contributed by atoms with Crippen molar-refractivity contribution >= 4 is 69.9 Å². The first kappa shape index (κ1) is 25.5. The monoisotopic (exact) mass is 564 g/mol. The Morgan fingerprint density at radius 3 is 1.35 bits per heavy atom. The van der Waals surface area contributed by atoms with Crippen molar-refractivity contribution in [3.05, 3.63) is 118 Å². The van der Waals surface area contributed by atoms with Crippen molar-refractivity contribution in [1.29, 1.82) is 0 Å². The van der Waals surface area contributed by atoms with E-state index in [-0.39, 0.29) is 21.6 Å². The molecule has 6 rings (SSSR count). The van der Waals surface area contributed by atoms with E-state index >= 15 is 0 Å². The van der Waals surface area contributed by atoms with Crippen LogP contribution in [-0.2, 0) is 9.59 Å². The molecule has 0 unspecified atom stereocenters. The molecule has 0 saturated heterocycles. The minimum Gasteiger partial charge on any atom is -0.322 e. The van der Waals surface area contributed by atoms with Gasteiger partial charge in [-0.2, -0.15) is 0 Å². The Bertz CT molecular complexity index is 1600. The zero-order valence-corrected chi connectivity index (χ0v) is 22.3. The summed E-state index contributed by atoms with van der Waals surface area (Å²) in [5.74, 6) is -1.46. The van der Waals surface area contributed by atoms with Gasteiger partial charge in [-0.15, -0.1) is 0 Å². The second-order valence-electron chi connectivity index (χ2n) is 8.83.